The lowest BCUT2D eigenvalue weighted by atomic mass is 9.96. The zero-order chi connectivity index (χ0) is 16.1. The minimum absolute atomic E-state index is 0.101. The fourth-order valence-electron chi connectivity index (χ4n) is 3.32. The number of H-pyrrole nitrogens is 1. The van der Waals surface area contributed by atoms with Crippen molar-refractivity contribution in [1.29, 1.82) is 0 Å². The van der Waals surface area contributed by atoms with Gasteiger partial charge in [-0.05, 0) is 42.7 Å². The maximum absolute atomic E-state index is 12.3. The van der Waals surface area contributed by atoms with Crippen LogP contribution in [0.15, 0.2) is 53.5 Å². The summed E-state index contributed by atoms with van der Waals surface area (Å²) >= 11 is 0. The van der Waals surface area contributed by atoms with E-state index in [2.05, 4.69) is 34.6 Å². The molecule has 1 aliphatic rings. The number of benzene rings is 1. The van der Waals surface area contributed by atoms with Crippen LogP contribution < -0.4 is 10.9 Å². The van der Waals surface area contributed by atoms with E-state index in [1.165, 1.54) is 11.6 Å². The average molecular weight is 310 g/mol. The van der Waals surface area contributed by atoms with Crippen molar-refractivity contribution in [1.82, 2.24) is 10.3 Å². The molecule has 0 radical (unpaired) electrons. The molecule has 1 amide bonds. The van der Waals surface area contributed by atoms with Crippen molar-refractivity contribution >= 4 is 5.91 Å². The Hall–Kier alpha value is -2.36. The molecule has 4 nitrogen and oxygen atoms in total. The first-order chi connectivity index (χ1) is 11.2. The molecule has 4 heteroatoms. The second-order valence-electron chi connectivity index (χ2n) is 6.22. The minimum atomic E-state index is -0.101. The Balaban J connectivity index is 1.46. The summed E-state index contributed by atoms with van der Waals surface area (Å²) in [7, 11) is 0. The third kappa shape index (κ3) is 4.09. The van der Waals surface area contributed by atoms with Gasteiger partial charge < -0.3 is 10.3 Å². The molecule has 1 aliphatic carbocycles. The SMILES string of the molecule is O=C(NCCc1ccc(=O)[nH]c1)[C@@H]1CC[C@@H](c2ccccc2)C1. The number of aromatic amines is 1. The highest BCUT2D eigenvalue weighted by Crippen LogP contribution is 2.38. The van der Waals surface area contributed by atoms with Gasteiger partial charge in [-0.1, -0.05) is 36.4 Å². The zero-order valence-electron chi connectivity index (χ0n) is 13.1. The predicted molar refractivity (Wildman–Crippen MR) is 90.3 cm³/mol. The molecule has 23 heavy (non-hydrogen) atoms. The summed E-state index contributed by atoms with van der Waals surface area (Å²) in [6, 6.07) is 13.8. The molecule has 1 aromatic carbocycles. The molecule has 0 saturated heterocycles. The predicted octanol–water partition coefficient (Wildman–Crippen LogP) is 2.62. The average Bonchev–Trinajstić information content (AvgIpc) is 3.07. The van der Waals surface area contributed by atoms with Gasteiger partial charge in [-0.25, -0.2) is 0 Å². The van der Waals surface area contributed by atoms with Gasteiger partial charge in [-0.2, -0.15) is 0 Å². The second kappa shape index (κ2) is 7.27. The van der Waals surface area contributed by atoms with E-state index < -0.39 is 0 Å². The van der Waals surface area contributed by atoms with Crippen molar-refractivity contribution < 1.29 is 4.79 Å². The highest BCUT2D eigenvalue weighted by molar-refractivity contribution is 5.79. The number of nitrogens with one attached hydrogen (secondary N) is 2. The number of rotatable bonds is 5. The molecule has 1 aromatic heterocycles. The van der Waals surface area contributed by atoms with Crippen molar-refractivity contribution in [3.05, 3.63) is 70.1 Å². The molecular weight excluding hydrogens is 288 g/mol. The summed E-state index contributed by atoms with van der Waals surface area (Å²) in [5.41, 5.74) is 2.27. The fourth-order valence-corrected chi connectivity index (χ4v) is 3.32. The van der Waals surface area contributed by atoms with Crippen molar-refractivity contribution in [2.45, 2.75) is 31.6 Å². The Labute approximate surface area is 135 Å². The molecule has 2 N–H and O–H groups in total. The maximum Gasteiger partial charge on any atom is 0.247 e. The van der Waals surface area contributed by atoms with Crippen LogP contribution in [0.2, 0.25) is 0 Å². The Bertz CT molecular complexity index is 688. The lowest BCUT2D eigenvalue weighted by molar-refractivity contribution is -0.124. The van der Waals surface area contributed by atoms with Crippen LogP contribution in [0.1, 0.15) is 36.3 Å². The normalized spacial score (nSPS) is 20.3. The molecular formula is C19H22N2O2. The van der Waals surface area contributed by atoms with E-state index in [0.29, 0.717) is 12.5 Å². The Morgan fingerprint density at radius 1 is 1.13 bits per heavy atom. The smallest absolute Gasteiger partial charge is 0.247 e. The van der Waals surface area contributed by atoms with Crippen molar-refractivity contribution in [3.63, 3.8) is 0 Å². The zero-order valence-corrected chi connectivity index (χ0v) is 13.1. The molecule has 0 unspecified atom stereocenters. The highest BCUT2D eigenvalue weighted by atomic mass is 16.1. The van der Waals surface area contributed by atoms with Crippen LogP contribution in [0.25, 0.3) is 0 Å². The van der Waals surface area contributed by atoms with Gasteiger partial charge in [0.2, 0.25) is 11.5 Å². The number of pyridine rings is 1. The van der Waals surface area contributed by atoms with Gasteiger partial charge >= 0.3 is 0 Å². The summed E-state index contributed by atoms with van der Waals surface area (Å²) in [5, 5.41) is 3.03. The monoisotopic (exact) mass is 310 g/mol. The third-order valence-corrected chi connectivity index (χ3v) is 4.64. The Morgan fingerprint density at radius 3 is 2.70 bits per heavy atom. The van der Waals surface area contributed by atoms with Gasteiger partial charge in [0, 0.05) is 24.7 Å². The van der Waals surface area contributed by atoms with E-state index in [-0.39, 0.29) is 17.4 Å². The van der Waals surface area contributed by atoms with Crippen LogP contribution in [0.3, 0.4) is 0 Å². The molecule has 1 saturated carbocycles. The van der Waals surface area contributed by atoms with Crippen LogP contribution in [0.4, 0.5) is 0 Å². The molecule has 0 aliphatic heterocycles. The van der Waals surface area contributed by atoms with Gasteiger partial charge in [-0.3, -0.25) is 9.59 Å². The van der Waals surface area contributed by atoms with Crippen molar-refractivity contribution in [3.8, 4) is 0 Å². The molecule has 1 heterocycles. The van der Waals surface area contributed by atoms with E-state index in [9.17, 15) is 9.59 Å². The first-order valence-corrected chi connectivity index (χ1v) is 8.22. The first kappa shape index (κ1) is 15.5. The van der Waals surface area contributed by atoms with E-state index in [4.69, 9.17) is 0 Å². The standard InChI is InChI=1S/C19H22N2O2/c22-18-9-6-14(13-21-18)10-11-20-19(23)17-8-7-16(12-17)15-4-2-1-3-5-15/h1-6,9,13,16-17H,7-8,10-12H2,(H,20,23)(H,21,22)/t16-,17-/m1/s1. The quantitative estimate of drug-likeness (QED) is 0.892. The lowest BCUT2D eigenvalue weighted by Crippen LogP contribution is -2.31. The number of hydrogen-bond donors (Lipinski definition) is 2. The van der Waals surface area contributed by atoms with E-state index >= 15 is 0 Å². The van der Waals surface area contributed by atoms with Gasteiger partial charge in [0.15, 0.2) is 0 Å². The van der Waals surface area contributed by atoms with Crippen molar-refractivity contribution in [2.24, 2.45) is 5.92 Å². The van der Waals surface area contributed by atoms with Crippen LogP contribution in [0, 0.1) is 5.92 Å². The molecule has 3 rings (SSSR count). The first-order valence-electron chi connectivity index (χ1n) is 8.22. The van der Waals surface area contributed by atoms with Crippen LogP contribution in [-0.4, -0.2) is 17.4 Å². The van der Waals surface area contributed by atoms with Gasteiger partial charge in [0.25, 0.3) is 0 Å². The fraction of sp³-hybridized carbons (Fsp3) is 0.368. The molecule has 0 bridgehead atoms. The van der Waals surface area contributed by atoms with E-state index in [1.54, 1.807) is 12.3 Å². The Morgan fingerprint density at radius 2 is 1.96 bits per heavy atom. The summed E-state index contributed by atoms with van der Waals surface area (Å²) in [5.74, 6) is 0.787. The topological polar surface area (TPSA) is 62.0 Å². The molecule has 2 atom stereocenters. The highest BCUT2D eigenvalue weighted by Gasteiger charge is 2.30. The van der Waals surface area contributed by atoms with Gasteiger partial charge in [-0.15, -0.1) is 0 Å². The molecule has 0 spiro atoms. The van der Waals surface area contributed by atoms with E-state index in [1.807, 2.05) is 6.07 Å². The minimum Gasteiger partial charge on any atom is -0.356 e. The summed E-state index contributed by atoms with van der Waals surface area (Å²) in [4.78, 5) is 25.9. The Kier molecular flexibility index (Phi) is 4.91. The number of carbonyl (C=O) groups is 1. The number of hydrogen-bond acceptors (Lipinski definition) is 2. The molecule has 2 aromatic rings. The van der Waals surface area contributed by atoms with E-state index in [0.717, 1.165) is 31.2 Å². The van der Waals surface area contributed by atoms with Crippen LogP contribution in [-0.2, 0) is 11.2 Å². The largest absolute Gasteiger partial charge is 0.356 e. The summed E-state index contributed by atoms with van der Waals surface area (Å²) in [6.07, 6.45) is 5.42. The number of aromatic nitrogens is 1. The maximum atomic E-state index is 12.3. The third-order valence-electron chi connectivity index (χ3n) is 4.64. The molecule has 120 valence electrons. The number of amides is 1. The lowest BCUT2D eigenvalue weighted by Gasteiger charge is -2.12. The second-order valence-corrected chi connectivity index (χ2v) is 6.22. The summed E-state index contributed by atoms with van der Waals surface area (Å²) in [6.45, 7) is 0.609. The summed E-state index contributed by atoms with van der Waals surface area (Å²) < 4.78 is 0. The van der Waals surface area contributed by atoms with Crippen molar-refractivity contribution in [2.75, 3.05) is 6.54 Å². The van der Waals surface area contributed by atoms with Gasteiger partial charge in [0.05, 0.1) is 0 Å². The van der Waals surface area contributed by atoms with Crippen LogP contribution >= 0.6 is 0 Å². The molecule has 1 fully saturated rings. The van der Waals surface area contributed by atoms with Gasteiger partial charge in [0.1, 0.15) is 0 Å². The number of carbonyl (C=O) groups excluding carboxylic acids is 1. The van der Waals surface area contributed by atoms with Crippen LogP contribution in [0.5, 0.6) is 0 Å².